The van der Waals surface area contributed by atoms with Crippen LogP contribution in [-0.2, 0) is 16.6 Å². The van der Waals surface area contributed by atoms with Gasteiger partial charge in [-0.15, -0.1) is 11.3 Å². The first-order chi connectivity index (χ1) is 9.29. The normalized spacial score (nSPS) is 11.8. The molecule has 0 aliphatic carbocycles. The molecule has 0 bridgehead atoms. The molecule has 0 atom stereocenters. The number of nitrogens with one attached hydrogen (secondary N) is 1. The zero-order chi connectivity index (χ0) is 14.9. The second kappa shape index (κ2) is 5.85. The van der Waals surface area contributed by atoms with Gasteiger partial charge in [0.2, 0.25) is 10.0 Å². The minimum absolute atomic E-state index is 0.241. The van der Waals surface area contributed by atoms with Crippen LogP contribution in [0.25, 0.3) is 0 Å². The molecule has 2 aromatic rings. The molecule has 1 aromatic heterocycles. The smallest absolute Gasteiger partial charge is 0.241 e. The van der Waals surface area contributed by atoms with E-state index in [1.165, 1.54) is 17.4 Å². The molecule has 0 saturated heterocycles. The van der Waals surface area contributed by atoms with E-state index in [0.717, 1.165) is 20.5 Å². The van der Waals surface area contributed by atoms with Gasteiger partial charge in [-0.05, 0) is 59.1 Å². The summed E-state index contributed by atoms with van der Waals surface area (Å²) in [5.41, 5.74) is 7.78. The van der Waals surface area contributed by atoms with Gasteiger partial charge >= 0.3 is 0 Å². The number of nitrogen functional groups attached to an aromatic ring is 1. The lowest BCUT2D eigenvalue weighted by atomic mass is 10.1. The Morgan fingerprint density at radius 3 is 2.60 bits per heavy atom. The van der Waals surface area contributed by atoms with Crippen LogP contribution in [0.15, 0.2) is 32.9 Å². The maximum absolute atomic E-state index is 12.4. The highest BCUT2D eigenvalue weighted by molar-refractivity contribution is 9.10. The van der Waals surface area contributed by atoms with Gasteiger partial charge in [-0.3, -0.25) is 0 Å². The lowest BCUT2D eigenvalue weighted by molar-refractivity contribution is 0.581. The number of thiophene rings is 1. The van der Waals surface area contributed by atoms with E-state index in [2.05, 4.69) is 20.7 Å². The van der Waals surface area contributed by atoms with E-state index in [1.54, 1.807) is 13.0 Å². The van der Waals surface area contributed by atoms with E-state index in [0.29, 0.717) is 5.69 Å². The van der Waals surface area contributed by atoms with Gasteiger partial charge in [0.25, 0.3) is 0 Å². The van der Waals surface area contributed by atoms with E-state index < -0.39 is 10.0 Å². The van der Waals surface area contributed by atoms with Gasteiger partial charge in [0, 0.05) is 27.0 Å². The highest BCUT2D eigenvalue weighted by Crippen LogP contribution is 2.23. The number of hydrogen-bond acceptors (Lipinski definition) is 4. The molecule has 20 heavy (non-hydrogen) atoms. The van der Waals surface area contributed by atoms with Crippen molar-refractivity contribution in [1.82, 2.24) is 4.72 Å². The van der Waals surface area contributed by atoms with Gasteiger partial charge in [0.1, 0.15) is 0 Å². The molecule has 0 saturated carbocycles. The molecule has 108 valence electrons. The first kappa shape index (κ1) is 15.5. The quantitative estimate of drug-likeness (QED) is 0.807. The second-order valence-corrected chi connectivity index (χ2v) is 8.16. The van der Waals surface area contributed by atoms with Crippen LogP contribution in [0, 0.1) is 13.8 Å². The molecule has 0 aliphatic heterocycles. The molecule has 0 fully saturated rings. The zero-order valence-corrected chi connectivity index (χ0v) is 14.3. The molecule has 3 N–H and O–H groups in total. The maximum Gasteiger partial charge on any atom is 0.241 e. The molecule has 0 radical (unpaired) electrons. The number of hydrogen-bond donors (Lipinski definition) is 2. The summed E-state index contributed by atoms with van der Waals surface area (Å²) in [6.07, 6.45) is 0. The summed E-state index contributed by atoms with van der Waals surface area (Å²) >= 11 is 4.84. The molecule has 0 aliphatic rings. The van der Waals surface area contributed by atoms with E-state index >= 15 is 0 Å². The number of rotatable bonds is 4. The summed E-state index contributed by atoms with van der Waals surface area (Å²) in [5, 5.41) is 1.92. The van der Waals surface area contributed by atoms with Gasteiger partial charge in [-0.25, -0.2) is 13.1 Å². The minimum atomic E-state index is -3.56. The van der Waals surface area contributed by atoms with Gasteiger partial charge in [-0.2, -0.15) is 0 Å². The Kier molecular flexibility index (Phi) is 4.53. The Morgan fingerprint density at radius 1 is 1.30 bits per heavy atom. The van der Waals surface area contributed by atoms with Crippen LogP contribution < -0.4 is 10.5 Å². The second-order valence-electron chi connectivity index (χ2n) is 4.52. The first-order valence-electron chi connectivity index (χ1n) is 5.89. The van der Waals surface area contributed by atoms with Crippen molar-refractivity contribution in [1.29, 1.82) is 0 Å². The van der Waals surface area contributed by atoms with E-state index in [4.69, 9.17) is 5.73 Å². The Balaban J connectivity index is 2.27. The van der Waals surface area contributed by atoms with Crippen molar-refractivity contribution in [3.05, 3.63) is 44.1 Å². The van der Waals surface area contributed by atoms with Gasteiger partial charge < -0.3 is 5.73 Å². The fourth-order valence-corrected chi connectivity index (χ4v) is 4.66. The third kappa shape index (κ3) is 3.41. The predicted molar refractivity (Wildman–Crippen MR) is 86.4 cm³/mol. The number of halogens is 1. The number of anilines is 1. The molecular weight excluding hydrogens is 360 g/mol. The molecule has 2 rings (SSSR count). The van der Waals surface area contributed by atoms with Crippen molar-refractivity contribution in [2.45, 2.75) is 25.3 Å². The Morgan fingerprint density at radius 2 is 2.00 bits per heavy atom. The van der Waals surface area contributed by atoms with Crippen LogP contribution in [-0.4, -0.2) is 8.42 Å². The summed E-state index contributed by atoms with van der Waals surface area (Å²) in [7, 11) is -3.56. The summed E-state index contributed by atoms with van der Waals surface area (Å²) in [4.78, 5) is 1.18. The van der Waals surface area contributed by atoms with Gasteiger partial charge in [-0.1, -0.05) is 0 Å². The molecule has 0 spiro atoms. The highest BCUT2D eigenvalue weighted by Gasteiger charge is 2.18. The summed E-state index contributed by atoms with van der Waals surface area (Å²) in [5.74, 6) is 0. The van der Waals surface area contributed by atoms with Crippen LogP contribution in [0.3, 0.4) is 0 Å². The number of nitrogens with two attached hydrogens (primary N) is 1. The summed E-state index contributed by atoms with van der Waals surface area (Å²) in [6.45, 7) is 3.90. The average Bonchev–Trinajstić information content (AvgIpc) is 2.77. The van der Waals surface area contributed by atoms with Crippen molar-refractivity contribution < 1.29 is 8.42 Å². The Bertz CT molecular complexity index is 739. The maximum atomic E-state index is 12.4. The Labute approximate surface area is 131 Å². The SMILES string of the molecule is Cc1cc(N)cc(S(=O)(=O)NCc2cc(Br)cs2)c1C. The van der Waals surface area contributed by atoms with Crippen molar-refractivity contribution in [3.63, 3.8) is 0 Å². The van der Waals surface area contributed by atoms with E-state index in [-0.39, 0.29) is 11.4 Å². The van der Waals surface area contributed by atoms with Crippen LogP contribution in [0.5, 0.6) is 0 Å². The topological polar surface area (TPSA) is 72.2 Å². The molecular formula is C13H15BrN2O2S2. The number of sulfonamides is 1. The van der Waals surface area contributed by atoms with E-state index in [1.807, 2.05) is 18.4 Å². The molecule has 4 nitrogen and oxygen atoms in total. The largest absolute Gasteiger partial charge is 0.399 e. The number of benzene rings is 1. The monoisotopic (exact) mass is 374 g/mol. The summed E-state index contributed by atoms with van der Waals surface area (Å²) in [6, 6.07) is 5.16. The average molecular weight is 375 g/mol. The lowest BCUT2D eigenvalue weighted by Gasteiger charge is -2.11. The highest BCUT2D eigenvalue weighted by atomic mass is 79.9. The predicted octanol–water partition coefficient (Wildman–Crippen LogP) is 3.19. The van der Waals surface area contributed by atoms with Crippen LogP contribution in [0.1, 0.15) is 16.0 Å². The molecule has 1 heterocycles. The number of aryl methyl sites for hydroxylation is 1. The fourth-order valence-electron chi connectivity index (χ4n) is 1.82. The van der Waals surface area contributed by atoms with Gasteiger partial charge in [0.15, 0.2) is 0 Å². The minimum Gasteiger partial charge on any atom is -0.399 e. The summed E-state index contributed by atoms with van der Waals surface area (Å²) < 4.78 is 28.3. The van der Waals surface area contributed by atoms with E-state index in [9.17, 15) is 8.42 Å². The Hall–Kier alpha value is -0.890. The molecule has 1 aromatic carbocycles. The molecule has 0 amide bonds. The first-order valence-corrected chi connectivity index (χ1v) is 9.04. The van der Waals surface area contributed by atoms with Gasteiger partial charge in [0.05, 0.1) is 4.90 Å². The fraction of sp³-hybridized carbons (Fsp3) is 0.231. The lowest BCUT2D eigenvalue weighted by Crippen LogP contribution is -2.24. The standard InChI is InChI=1S/C13H15BrN2O2S2/c1-8-3-11(15)5-13(9(8)2)20(17,18)16-6-12-4-10(14)7-19-12/h3-5,7,16H,6,15H2,1-2H3. The third-order valence-corrected chi connectivity index (χ3v) is 6.21. The van der Waals surface area contributed by atoms with Crippen LogP contribution in [0.2, 0.25) is 0 Å². The van der Waals surface area contributed by atoms with Crippen LogP contribution in [0.4, 0.5) is 5.69 Å². The van der Waals surface area contributed by atoms with Crippen molar-refractivity contribution in [3.8, 4) is 0 Å². The van der Waals surface area contributed by atoms with Crippen molar-refractivity contribution in [2.24, 2.45) is 0 Å². The van der Waals surface area contributed by atoms with Crippen molar-refractivity contribution >= 4 is 43.0 Å². The third-order valence-electron chi connectivity index (χ3n) is 2.99. The van der Waals surface area contributed by atoms with Crippen molar-refractivity contribution in [2.75, 3.05) is 5.73 Å². The molecule has 0 unspecified atom stereocenters. The molecule has 7 heteroatoms. The zero-order valence-electron chi connectivity index (χ0n) is 11.1. The van der Waals surface area contributed by atoms with Crippen LogP contribution >= 0.6 is 27.3 Å².